The molecule has 0 unspecified atom stereocenters. The molecule has 0 aliphatic carbocycles. The molecule has 3 heteroatoms. The van der Waals surface area contributed by atoms with Gasteiger partial charge < -0.3 is 0 Å². The van der Waals surface area contributed by atoms with Gasteiger partial charge in [0.15, 0.2) is 0 Å². The van der Waals surface area contributed by atoms with Gasteiger partial charge in [0.05, 0.1) is 11.0 Å². The Labute approximate surface area is 226 Å². The minimum absolute atomic E-state index is 0.0704. The summed E-state index contributed by atoms with van der Waals surface area (Å²) in [5.74, 6) is 0.981. The highest BCUT2D eigenvalue weighted by molar-refractivity contribution is 7.26. The van der Waals surface area contributed by atoms with Crippen LogP contribution in [0.4, 0.5) is 0 Å². The molecule has 0 bridgehead atoms. The Bertz CT molecular complexity index is 1950. The van der Waals surface area contributed by atoms with Gasteiger partial charge in [0.25, 0.3) is 0 Å². The zero-order valence-corrected chi connectivity index (χ0v) is 22.6. The van der Waals surface area contributed by atoms with E-state index in [1.807, 2.05) is 11.3 Å². The highest BCUT2D eigenvalue weighted by atomic mass is 32.1. The molecule has 0 saturated heterocycles. The molecule has 2 nitrogen and oxygen atoms in total. The van der Waals surface area contributed by atoms with Crippen LogP contribution < -0.4 is 0 Å². The topological polar surface area (TPSA) is 17.8 Å². The third-order valence-electron chi connectivity index (χ3n) is 7.36. The molecule has 7 aromatic rings. The van der Waals surface area contributed by atoms with Gasteiger partial charge in [-0.3, -0.25) is 4.57 Å². The van der Waals surface area contributed by atoms with Gasteiger partial charge in [0.1, 0.15) is 5.82 Å². The summed E-state index contributed by atoms with van der Waals surface area (Å²) in [6.45, 7) is 6.89. The monoisotopic (exact) mass is 508 g/mol. The van der Waals surface area contributed by atoms with Crippen LogP contribution in [0.25, 0.3) is 59.4 Å². The summed E-state index contributed by atoms with van der Waals surface area (Å²) >= 11 is 1.88. The predicted octanol–water partition coefficient (Wildman–Crippen LogP) is 10.0. The molecule has 0 saturated carbocycles. The summed E-state index contributed by atoms with van der Waals surface area (Å²) in [6.07, 6.45) is 0. The van der Waals surface area contributed by atoms with Crippen molar-refractivity contribution in [3.63, 3.8) is 0 Å². The third kappa shape index (κ3) is 3.66. The van der Waals surface area contributed by atoms with Crippen molar-refractivity contribution in [2.75, 3.05) is 0 Å². The van der Waals surface area contributed by atoms with Crippen molar-refractivity contribution in [2.45, 2.75) is 26.2 Å². The van der Waals surface area contributed by atoms with Crippen molar-refractivity contribution < 1.29 is 0 Å². The first kappa shape index (κ1) is 22.9. The summed E-state index contributed by atoms with van der Waals surface area (Å²) in [4.78, 5) is 5.18. The van der Waals surface area contributed by atoms with E-state index in [0.717, 1.165) is 22.5 Å². The SMILES string of the molecule is CC(C)(C)c1cc(-c2cccc3c2sc2ccccc23)ccc1-c1nc2ccccc2n1-c1ccccc1. The number of imidazole rings is 1. The smallest absolute Gasteiger partial charge is 0.146 e. The fraction of sp³-hybridized carbons (Fsp3) is 0.114. The van der Waals surface area contributed by atoms with Crippen molar-refractivity contribution in [2.24, 2.45) is 0 Å². The lowest BCUT2D eigenvalue weighted by atomic mass is 9.81. The molecule has 0 aliphatic rings. The van der Waals surface area contributed by atoms with Gasteiger partial charge in [-0.05, 0) is 58.5 Å². The quantitative estimate of drug-likeness (QED) is 0.232. The number of rotatable bonds is 3. The van der Waals surface area contributed by atoms with Crippen molar-refractivity contribution in [3.8, 4) is 28.2 Å². The Hall–Kier alpha value is -4.21. The Kier molecular flexibility index (Phi) is 5.24. The van der Waals surface area contributed by atoms with Gasteiger partial charge >= 0.3 is 0 Å². The van der Waals surface area contributed by atoms with Crippen LogP contribution in [0.5, 0.6) is 0 Å². The highest BCUT2D eigenvalue weighted by Gasteiger charge is 2.24. The van der Waals surface area contributed by atoms with Crippen LogP contribution >= 0.6 is 11.3 Å². The molecule has 7 rings (SSSR count). The zero-order valence-electron chi connectivity index (χ0n) is 21.8. The average Bonchev–Trinajstić information content (AvgIpc) is 3.51. The number of nitrogens with zero attached hydrogens (tertiary/aromatic N) is 2. The van der Waals surface area contributed by atoms with Crippen LogP contribution in [0.1, 0.15) is 26.3 Å². The molecule has 0 aliphatic heterocycles. The number of hydrogen-bond donors (Lipinski definition) is 0. The molecule has 0 atom stereocenters. The van der Waals surface area contributed by atoms with Crippen LogP contribution in [0.3, 0.4) is 0 Å². The summed E-state index contributed by atoms with van der Waals surface area (Å²) in [6, 6.07) is 41.3. The molecule has 2 heterocycles. The van der Waals surface area contributed by atoms with E-state index in [2.05, 4.69) is 141 Å². The summed E-state index contributed by atoms with van der Waals surface area (Å²) in [5.41, 5.74) is 8.17. The number of fused-ring (bicyclic) bond motifs is 4. The van der Waals surface area contributed by atoms with E-state index in [1.54, 1.807) is 0 Å². The Morgan fingerprint density at radius 1 is 0.658 bits per heavy atom. The summed E-state index contributed by atoms with van der Waals surface area (Å²) in [5, 5.41) is 2.66. The first-order valence-corrected chi connectivity index (χ1v) is 13.9. The highest BCUT2D eigenvalue weighted by Crippen LogP contribution is 2.43. The number of thiophene rings is 1. The molecule has 0 fully saturated rings. The van der Waals surface area contributed by atoms with Crippen molar-refractivity contribution >= 4 is 42.5 Å². The maximum Gasteiger partial charge on any atom is 0.146 e. The molecule has 2 aromatic heterocycles. The Morgan fingerprint density at radius 3 is 2.24 bits per heavy atom. The van der Waals surface area contributed by atoms with Gasteiger partial charge in [0.2, 0.25) is 0 Å². The minimum Gasteiger partial charge on any atom is -0.292 e. The van der Waals surface area contributed by atoms with Crippen LogP contribution in [0, 0.1) is 0 Å². The molecular formula is C35H28N2S. The lowest BCUT2D eigenvalue weighted by molar-refractivity contribution is 0.591. The Morgan fingerprint density at radius 2 is 1.39 bits per heavy atom. The van der Waals surface area contributed by atoms with E-state index >= 15 is 0 Å². The molecule has 184 valence electrons. The standard InChI is InChI=1S/C35H28N2S/c1-35(2,3)29-22-23(25-15-11-16-27-26-14-7-10-19-32(26)38-33(25)27)20-21-28(29)34-36-30-17-8-9-18-31(30)37(34)24-12-5-4-6-13-24/h4-22H,1-3H3. The van der Waals surface area contributed by atoms with Crippen LogP contribution in [-0.4, -0.2) is 9.55 Å². The Balaban J connectivity index is 1.48. The molecular weight excluding hydrogens is 480 g/mol. The second-order valence-electron chi connectivity index (χ2n) is 10.9. The lowest BCUT2D eigenvalue weighted by Crippen LogP contribution is -2.14. The summed E-state index contributed by atoms with van der Waals surface area (Å²) < 4.78 is 4.98. The van der Waals surface area contributed by atoms with E-state index < -0.39 is 0 Å². The van der Waals surface area contributed by atoms with Crippen LogP contribution in [0.2, 0.25) is 0 Å². The fourth-order valence-electron chi connectivity index (χ4n) is 5.55. The second kappa shape index (κ2) is 8.68. The van der Waals surface area contributed by atoms with Gasteiger partial charge in [0, 0.05) is 31.4 Å². The number of para-hydroxylation sites is 3. The van der Waals surface area contributed by atoms with Gasteiger partial charge in [-0.1, -0.05) is 99.6 Å². The van der Waals surface area contributed by atoms with Crippen molar-refractivity contribution in [1.82, 2.24) is 9.55 Å². The average molecular weight is 509 g/mol. The van der Waals surface area contributed by atoms with Gasteiger partial charge in [-0.25, -0.2) is 4.98 Å². The van der Waals surface area contributed by atoms with E-state index in [-0.39, 0.29) is 5.41 Å². The largest absolute Gasteiger partial charge is 0.292 e. The fourth-order valence-corrected chi connectivity index (χ4v) is 6.79. The molecule has 5 aromatic carbocycles. The number of benzene rings is 5. The van der Waals surface area contributed by atoms with E-state index in [4.69, 9.17) is 4.98 Å². The third-order valence-corrected chi connectivity index (χ3v) is 8.58. The lowest BCUT2D eigenvalue weighted by Gasteiger charge is -2.24. The normalized spacial score (nSPS) is 12.1. The number of hydrogen-bond acceptors (Lipinski definition) is 2. The van der Waals surface area contributed by atoms with Crippen LogP contribution in [0.15, 0.2) is 115 Å². The zero-order chi connectivity index (χ0) is 25.9. The summed E-state index contributed by atoms with van der Waals surface area (Å²) in [7, 11) is 0. The molecule has 0 amide bonds. The first-order valence-electron chi connectivity index (χ1n) is 13.1. The maximum absolute atomic E-state index is 5.18. The van der Waals surface area contributed by atoms with Crippen molar-refractivity contribution in [1.29, 1.82) is 0 Å². The molecule has 0 N–H and O–H groups in total. The van der Waals surface area contributed by atoms with Crippen LogP contribution in [-0.2, 0) is 5.41 Å². The van der Waals surface area contributed by atoms with E-state index in [0.29, 0.717) is 0 Å². The predicted molar refractivity (Wildman–Crippen MR) is 164 cm³/mol. The molecule has 0 spiro atoms. The van der Waals surface area contributed by atoms with Crippen molar-refractivity contribution in [3.05, 3.63) is 121 Å². The molecule has 0 radical (unpaired) electrons. The van der Waals surface area contributed by atoms with E-state index in [1.165, 1.54) is 42.4 Å². The number of aromatic nitrogens is 2. The molecule has 38 heavy (non-hydrogen) atoms. The first-order chi connectivity index (χ1) is 18.5. The van der Waals surface area contributed by atoms with Gasteiger partial charge in [-0.2, -0.15) is 0 Å². The maximum atomic E-state index is 5.18. The van der Waals surface area contributed by atoms with E-state index in [9.17, 15) is 0 Å². The second-order valence-corrected chi connectivity index (χ2v) is 11.9. The minimum atomic E-state index is -0.0704. The van der Waals surface area contributed by atoms with Gasteiger partial charge in [-0.15, -0.1) is 11.3 Å².